The van der Waals surface area contributed by atoms with E-state index in [9.17, 15) is 4.79 Å². The van der Waals surface area contributed by atoms with Crippen LogP contribution in [0.15, 0.2) is 28.6 Å². The third-order valence-electron chi connectivity index (χ3n) is 4.62. The highest BCUT2D eigenvalue weighted by molar-refractivity contribution is 7.07. The molecule has 0 aliphatic heterocycles. The molecule has 1 amide bonds. The minimum absolute atomic E-state index is 0.186. The standard InChI is InChI=1S/C19H23Cl2N3OS/c1-2-24-17(12-26-19(24)23-16-6-4-3-5-7-16)11-22-18(25)13-8-14(20)10-15(21)9-13/h8-10,12,16H,2-7,11H2,1H3,(H,22,25). The van der Waals surface area contributed by atoms with Crippen molar-refractivity contribution >= 4 is 40.4 Å². The molecule has 4 nitrogen and oxygen atoms in total. The molecule has 1 saturated carbocycles. The Morgan fingerprint density at radius 2 is 1.92 bits per heavy atom. The molecule has 140 valence electrons. The van der Waals surface area contributed by atoms with E-state index in [2.05, 4.69) is 22.2 Å². The third-order valence-corrected chi connectivity index (χ3v) is 5.98. The highest BCUT2D eigenvalue weighted by atomic mass is 35.5. The fourth-order valence-electron chi connectivity index (χ4n) is 3.27. The van der Waals surface area contributed by atoms with Crippen molar-refractivity contribution in [3.05, 3.63) is 49.7 Å². The quantitative estimate of drug-likeness (QED) is 0.735. The second-order valence-electron chi connectivity index (χ2n) is 6.52. The van der Waals surface area contributed by atoms with Gasteiger partial charge in [0.25, 0.3) is 5.91 Å². The minimum atomic E-state index is -0.186. The van der Waals surface area contributed by atoms with Crippen LogP contribution >= 0.6 is 34.5 Å². The van der Waals surface area contributed by atoms with E-state index >= 15 is 0 Å². The second-order valence-corrected chi connectivity index (χ2v) is 8.23. The lowest BCUT2D eigenvalue weighted by Crippen LogP contribution is -2.27. The van der Waals surface area contributed by atoms with Crippen LogP contribution in [0.5, 0.6) is 0 Å². The van der Waals surface area contributed by atoms with Gasteiger partial charge < -0.3 is 9.88 Å². The Hall–Kier alpha value is -1.30. The summed E-state index contributed by atoms with van der Waals surface area (Å²) in [5.74, 6) is -0.186. The number of hydrogen-bond donors (Lipinski definition) is 1. The maximum absolute atomic E-state index is 12.4. The molecule has 1 aliphatic rings. The van der Waals surface area contributed by atoms with Gasteiger partial charge in [-0.25, -0.2) is 0 Å². The van der Waals surface area contributed by atoms with Gasteiger partial charge in [-0.05, 0) is 38.0 Å². The van der Waals surface area contributed by atoms with E-state index in [0.29, 0.717) is 28.2 Å². The summed E-state index contributed by atoms with van der Waals surface area (Å²) < 4.78 is 2.19. The summed E-state index contributed by atoms with van der Waals surface area (Å²) in [5, 5.41) is 5.94. The first-order valence-corrected chi connectivity index (χ1v) is 10.7. The van der Waals surface area contributed by atoms with Gasteiger partial charge in [-0.1, -0.05) is 42.5 Å². The van der Waals surface area contributed by atoms with Gasteiger partial charge in [0.15, 0.2) is 4.80 Å². The van der Waals surface area contributed by atoms with Crippen LogP contribution in [-0.4, -0.2) is 16.5 Å². The van der Waals surface area contributed by atoms with Crippen LogP contribution in [0.2, 0.25) is 10.0 Å². The number of nitrogens with one attached hydrogen (secondary N) is 1. The van der Waals surface area contributed by atoms with Gasteiger partial charge in [0.2, 0.25) is 0 Å². The van der Waals surface area contributed by atoms with Crippen LogP contribution in [0.4, 0.5) is 0 Å². The Morgan fingerprint density at radius 3 is 2.58 bits per heavy atom. The molecule has 0 bridgehead atoms. The molecule has 1 aliphatic carbocycles. The molecule has 1 heterocycles. The van der Waals surface area contributed by atoms with Gasteiger partial charge in [0.05, 0.1) is 12.6 Å². The maximum atomic E-state index is 12.4. The van der Waals surface area contributed by atoms with Crippen molar-refractivity contribution in [1.82, 2.24) is 9.88 Å². The number of carbonyl (C=O) groups is 1. The van der Waals surface area contributed by atoms with E-state index in [1.165, 1.54) is 32.1 Å². The average Bonchev–Trinajstić information content (AvgIpc) is 3.01. The number of benzene rings is 1. The zero-order chi connectivity index (χ0) is 18.5. The summed E-state index contributed by atoms with van der Waals surface area (Å²) in [6.07, 6.45) is 6.25. The van der Waals surface area contributed by atoms with Crippen molar-refractivity contribution < 1.29 is 4.79 Å². The van der Waals surface area contributed by atoms with Crippen molar-refractivity contribution in [2.45, 2.75) is 58.2 Å². The third kappa shape index (κ3) is 4.90. The zero-order valence-corrected chi connectivity index (χ0v) is 17.1. The Labute approximate surface area is 167 Å². The first-order valence-electron chi connectivity index (χ1n) is 9.02. The smallest absolute Gasteiger partial charge is 0.251 e. The topological polar surface area (TPSA) is 46.4 Å². The second kappa shape index (κ2) is 9.07. The molecule has 3 rings (SSSR count). The van der Waals surface area contributed by atoms with Crippen LogP contribution in [0.1, 0.15) is 55.1 Å². The first kappa shape index (κ1) is 19.5. The molecule has 0 unspecified atom stereocenters. The molecule has 26 heavy (non-hydrogen) atoms. The molecule has 0 radical (unpaired) electrons. The Kier molecular flexibility index (Phi) is 6.79. The van der Waals surface area contributed by atoms with E-state index in [0.717, 1.165) is 17.0 Å². The predicted molar refractivity (Wildman–Crippen MR) is 108 cm³/mol. The lowest BCUT2D eigenvalue weighted by molar-refractivity contribution is 0.0950. The van der Waals surface area contributed by atoms with Crippen molar-refractivity contribution in [1.29, 1.82) is 0 Å². The van der Waals surface area contributed by atoms with E-state index < -0.39 is 0 Å². The molecule has 1 aromatic heterocycles. The van der Waals surface area contributed by atoms with Crippen molar-refractivity contribution in [2.24, 2.45) is 4.99 Å². The number of aromatic nitrogens is 1. The summed E-state index contributed by atoms with van der Waals surface area (Å²) in [6, 6.07) is 5.29. The molecule has 1 N–H and O–H groups in total. The van der Waals surface area contributed by atoms with Crippen LogP contribution in [0.25, 0.3) is 0 Å². The van der Waals surface area contributed by atoms with Crippen molar-refractivity contribution in [3.8, 4) is 0 Å². The molecule has 2 aromatic rings. The van der Waals surface area contributed by atoms with Gasteiger partial charge in [0.1, 0.15) is 0 Å². The monoisotopic (exact) mass is 411 g/mol. The predicted octanol–water partition coefficient (Wildman–Crippen LogP) is 5.04. The molecule has 0 atom stereocenters. The van der Waals surface area contributed by atoms with Crippen molar-refractivity contribution in [2.75, 3.05) is 0 Å². The Balaban J connectivity index is 1.71. The number of rotatable bonds is 5. The van der Waals surface area contributed by atoms with Crippen LogP contribution < -0.4 is 10.1 Å². The summed E-state index contributed by atoms with van der Waals surface area (Å²) in [6.45, 7) is 3.39. The highest BCUT2D eigenvalue weighted by Gasteiger charge is 2.14. The molecule has 1 fully saturated rings. The number of hydrogen-bond acceptors (Lipinski definition) is 3. The van der Waals surface area contributed by atoms with Gasteiger partial charge in [0, 0.05) is 33.2 Å². The van der Waals surface area contributed by atoms with E-state index in [1.54, 1.807) is 29.5 Å². The normalized spacial score (nSPS) is 16.0. The molecule has 0 spiro atoms. The summed E-state index contributed by atoms with van der Waals surface area (Å²) in [7, 11) is 0. The fourth-order valence-corrected chi connectivity index (χ4v) is 4.83. The number of amides is 1. The Morgan fingerprint density at radius 1 is 1.23 bits per heavy atom. The van der Waals surface area contributed by atoms with Gasteiger partial charge in [-0.15, -0.1) is 11.3 Å². The fraction of sp³-hybridized carbons (Fsp3) is 0.474. The largest absolute Gasteiger partial charge is 0.346 e. The lowest BCUT2D eigenvalue weighted by atomic mass is 9.96. The summed E-state index contributed by atoms with van der Waals surface area (Å²) in [5.41, 5.74) is 1.53. The van der Waals surface area contributed by atoms with Crippen molar-refractivity contribution in [3.63, 3.8) is 0 Å². The van der Waals surface area contributed by atoms with E-state index in [1.807, 2.05) is 0 Å². The van der Waals surface area contributed by atoms with Gasteiger partial charge in [-0.3, -0.25) is 9.79 Å². The SMILES string of the molecule is CCn1c(CNC(=O)c2cc(Cl)cc(Cl)c2)csc1=NC1CCCCC1. The summed E-state index contributed by atoms with van der Waals surface area (Å²) >= 11 is 13.6. The number of carbonyl (C=O) groups excluding carboxylic acids is 1. The minimum Gasteiger partial charge on any atom is -0.346 e. The van der Waals surface area contributed by atoms with E-state index in [-0.39, 0.29) is 5.91 Å². The van der Waals surface area contributed by atoms with Crippen LogP contribution in [-0.2, 0) is 13.1 Å². The number of halogens is 2. The van der Waals surface area contributed by atoms with Gasteiger partial charge in [-0.2, -0.15) is 0 Å². The van der Waals surface area contributed by atoms with Crippen LogP contribution in [0, 0.1) is 0 Å². The summed E-state index contributed by atoms with van der Waals surface area (Å²) in [4.78, 5) is 18.4. The maximum Gasteiger partial charge on any atom is 0.251 e. The zero-order valence-electron chi connectivity index (χ0n) is 14.8. The first-order chi connectivity index (χ1) is 12.6. The van der Waals surface area contributed by atoms with E-state index in [4.69, 9.17) is 28.2 Å². The van der Waals surface area contributed by atoms with Crippen LogP contribution in [0.3, 0.4) is 0 Å². The number of thiazole rings is 1. The van der Waals surface area contributed by atoms with Gasteiger partial charge >= 0.3 is 0 Å². The number of nitrogens with zero attached hydrogens (tertiary/aromatic N) is 2. The Bertz CT molecular complexity index is 817. The molecule has 0 saturated heterocycles. The lowest BCUT2D eigenvalue weighted by Gasteiger charge is -2.17. The molecular weight excluding hydrogens is 389 g/mol. The molecule has 1 aromatic carbocycles. The average molecular weight is 412 g/mol. The highest BCUT2D eigenvalue weighted by Crippen LogP contribution is 2.20. The molecule has 7 heteroatoms. The molecular formula is C19H23Cl2N3OS.